The Kier molecular flexibility index (Phi) is 6.64. The van der Waals surface area contributed by atoms with E-state index in [1.54, 1.807) is 17.8 Å². The van der Waals surface area contributed by atoms with Gasteiger partial charge in [-0.1, -0.05) is 35.3 Å². The normalized spacial score (nSPS) is 10.2. The molecule has 2 N–H and O–H groups in total. The fraction of sp³-hybridized carbons (Fsp3) is 0.133. The van der Waals surface area contributed by atoms with E-state index in [1.807, 2.05) is 36.4 Å². The Labute approximate surface area is 144 Å². The number of nitrogens with one attached hydrogen (secondary N) is 2. The van der Waals surface area contributed by atoms with E-state index >= 15 is 0 Å². The van der Waals surface area contributed by atoms with Crippen LogP contribution in [0.3, 0.4) is 0 Å². The van der Waals surface area contributed by atoms with Gasteiger partial charge in [-0.2, -0.15) is 0 Å². The largest absolute Gasteiger partial charge is 0.362 e. The van der Waals surface area contributed by atoms with Crippen molar-refractivity contribution in [1.82, 2.24) is 5.32 Å². The van der Waals surface area contributed by atoms with Crippen LogP contribution in [0.1, 0.15) is 0 Å². The highest BCUT2D eigenvalue weighted by atomic mass is 35.5. The summed E-state index contributed by atoms with van der Waals surface area (Å²) < 4.78 is 0. The summed E-state index contributed by atoms with van der Waals surface area (Å²) in [7, 11) is 0. The van der Waals surface area contributed by atoms with E-state index in [9.17, 15) is 0 Å². The molecule has 0 aromatic heterocycles. The molecule has 2 aromatic rings. The topological polar surface area (TPSA) is 24.1 Å². The van der Waals surface area contributed by atoms with Crippen molar-refractivity contribution in [2.45, 2.75) is 4.90 Å². The lowest BCUT2D eigenvalue weighted by Crippen LogP contribution is -2.30. The van der Waals surface area contributed by atoms with Crippen molar-refractivity contribution in [3.63, 3.8) is 0 Å². The van der Waals surface area contributed by atoms with E-state index in [1.165, 1.54) is 0 Å². The number of thiocarbonyl (C=S) groups is 1. The summed E-state index contributed by atoms with van der Waals surface area (Å²) >= 11 is 18.8. The van der Waals surface area contributed by atoms with Crippen molar-refractivity contribution in [2.75, 3.05) is 17.6 Å². The molecule has 21 heavy (non-hydrogen) atoms. The maximum atomic E-state index is 5.97. The van der Waals surface area contributed by atoms with Crippen molar-refractivity contribution < 1.29 is 0 Å². The van der Waals surface area contributed by atoms with Crippen LogP contribution >= 0.6 is 47.2 Å². The van der Waals surface area contributed by atoms with Crippen LogP contribution in [0.2, 0.25) is 10.0 Å². The summed E-state index contributed by atoms with van der Waals surface area (Å²) in [4.78, 5) is 1.09. The first-order valence-electron chi connectivity index (χ1n) is 6.24. The fourth-order valence-corrected chi connectivity index (χ4v) is 2.93. The molecule has 109 valence electrons. The second kappa shape index (κ2) is 8.49. The zero-order valence-corrected chi connectivity index (χ0v) is 14.2. The van der Waals surface area contributed by atoms with Crippen LogP contribution < -0.4 is 10.6 Å². The third-order valence-electron chi connectivity index (χ3n) is 2.52. The van der Waals surface area contributed by atoms with E-state index in [4.69, 9.17) is 35.4 Å². The summed E-state index contributed by atoms with van der Waals surface area (Å²) in [6.45, 7) is 0.760. The van der Waals surface area contributed by atoms with Crippen molar-refractivity contribution >= 4 is 58.0 Å². The van der Waals surface area contributed by atoms with E-state index < -0.39 is 0 Å². The molecular formula is C15H13Cl2N2S2. The molecule has 0 saturated carbocycles. The molecule has 0 heterocycles. The zero-order chi connectivity index (χ0) is 15.1. The second-order valence-corrected chi connectivity index (χ2v) is 6.48. The molecule has 2 rings (SSSR count). The Morgan fingerprint density at radius 1 is 1.14 bits per heavy atom. The minimum Gasteiger partial charge on any atom is -0.362 e. The number of halogens is 2. The summed E-state index contributed by atoms with van der Waals surface area (Å²) in [6, 6.07) is 16.1. The zero-order valence-electron chi connectivity index (χ0n) is 11.0. The molecular weight excluding hydrogens is 343 g/mol. The van der Waals surface area contributed by atoms with E-state index in [-0.39, 0.29) is 0 Å². The van der Waals surface area contributed by atoms with E-state index in [0.29, 0.717) is 15.2 Å². The van der Waals surface area contributed by atoms with Gasteiger partial charge in [-0.15, -0.1) is 11.8 Å². The molecule has 0 aliphatic carbocycles. The first kappa shape index (κ1) is 16.4. The van der Waals surface area contributed by atoms with Gasteiger partial charge in [-0.05, 0) is 48.6 Å². The van der Waals surface area contributed by atoms with Crippen LogP contribution in [-0.2, 0) is 0 Å². The first-order valence-corrected chi connectivity index (χ1v) is 8.39. The van der Waals surface area contributed by atoms with Crippen LogP contribution in [0, 0.1) is 6.07 Å². The Bertz CT molecular complexity index is 606. The number of thioether (sulfide) groups is 1. The molecule has 2 nitrogen and oxygen atoms in total. The van der Waals surface area contributed by atoms with Gasteiger partial charge in [0.05, 0.1) is 10.0 Å². The Hall–Kier alpha value is -0.940. The van der Waals surface area contributed by atoms with Gasteiger partial charge in [0.15, 0.2) is 5.11 Å². The molecule has 0 atom stereocenters. The van der Waals surface area contributed by atoms with Crippen molar-refractivity contribution in [3.05, 3.63) is 58.6 Å². The number of hydrogen-bond acceptors (Lipinski definition) is 2. The molecule has 0 fully saturated rings. The Balaban J connectivity index is 1.69. The SMILES string of the molecule is S=C(NCCSc1ccc(Cl)c(Cl)c1)Nc1cc[c]cc1. The quantitative estimate of drug-likeness (QED) is 0.453. The number of hydrogen-bond donors (Lipinski definition) is 2. The molecule has 0 unspecified atom stereocenters. The summed E-state index contributed by atoms with van der Waals surface area (Å²) in [6.07, 6.45) is 0. The molecule has 1 radical (unpaired) electrons. The fourth-order valence-electron chi connectivity index (χ4n) is 1.55. The van der Waals surface area contributed by atoms with Gasteiger partial charge in [-0.3, -0.25) is 0 Å². The minimum atomic E-state index is 0.574. The molecule has 0 amide bonds. The highest BCUT2D eigenvalue weighted by Crippen LogP contribution is 2.27. The molecule has 0 bridgehead atoms. The average Bonchev–Trinajstić information content (AvgIpc) is 2.48. The second-order valence-electron chi connectivity index (χ2n) is 4.09. The highest BCUT2D eigenvalue weighted by molar-refractivity contribution is 7.99. The minimum absolute atomic E-state index is 0.574. The predicted octanol–water partition coefficient (Wildman–Crippen LogP) is 4.87. The predicted molar refractivity (Wildman–Crippen MR) is 96.7 cm³/mol. The van der Waals surface area contributed by atoms with Gasteiger partial charge in [0, 0.05) is 22.9 Å². The number of rotatable bonds is 5. The first-order chi connectivity index (χ1) is 10.1. The van der Waals surface area contributed by atoms with Crippen LogP contribution in [-0.4, -0.2) is 17.4 Å². The standard InChI is InChI=1S/C15H13Cl2N2S2/c16-13-7-6-12(10-14(13)17)21-9-8-18-15(20)19-11-4-2-1-3-5-11/h2-7,10H,8-9H2,(H2,18,19,20). The Morgan fingerprint density at radius 2 is 1.90 bits per heavy atom. The smallest absolute Gasteiger partial charge is 0.170 e. The average molecular weight is 356 g/mol. The van der Waals surface area contributed by atoms with Crippen LogP contribution in [0.5, 0.6) is 0 Å². The summed E-state index contributed by atoms with van der Waals surface area (Å²) in [5.41, 5.74) is 0.948. The third-order valence-corrected chi connectivity index (χ3v) is 4.50. The van der Waals surface area contributed by atoms with Gasteiger partial charge in [0.2, 0.25) is 0 Å². The molecule has 0 spiro atoms. The van der Waals surface area contributed by atoms with Gasteiger partial charge >= 0.3 is 0 Å². The third kappa shape index (κ3) is 5.75. The van der Waals surface area contributed by atoms with Crippen molar-refractivity contribution in [1.29, 1.82) is 0 Å². The molecule has 0 aliphatic rings. The number of benzene rings is 2. The van der Waals surface area contributed by atoms with Crippen LogP contribution in [0.25, 0.3) is 0 Å². The van der Waals surface area contributed by atoms with Crippen molar-refractivity contribution in [3.8, 4) is 0 Å². The van der Waals surface area contributed by atoms with Crippen LogP contribution in [0.4, 0.5) is 5.69 Å². The lowest BCUT2D eigenvalue weighted by Gasteiger charge is -2.10. The van der Waals surface area contributed by atoms with E-state index in [0.717, 1.165) is 22.9 Å². The maximum Gasteiger partial charge on any atom is 0.170 e. The molecule has 2 aromatic carbocycles. The van der Waals surface area contributed by atoms with Gasteiger partial charge in [0.1, 0.15) is 0 Å². The van der Waals surface area contributed by atoms with Gasteiger partial charge in [0.25, 0.3) is 0 Å². The van der Waals surface area contributed by atoms with Crippen molar-refractivity contribution in [2.24, 2.45) is 0 Å². The summed E-state index contributed by atoms with van der Waals surface area (Å²) in [5.74, 6) is 0.877. The summed E-state index contributed by atoms with van der Waals surface area (Å²) in [5, 5.41) is 8.02. The lowest BCUT2D eigenvalue weighted by molar-refractivity contribution is 0.990. The van der Waals surface area contributed by atoms with E-state index in [2.05, 4.69) is 16.7 Å². The monoisotopic (exact) mass is 355 g/mol. The molecule has 0 saturated heterocycles. The lowest BCUT2D eigenvalue weighted by atomic mass is 10.3. The molecule has 6 heteroatoms. The van der Waals surface area contributed by atoms with Gasteiger partial charge < -0.3 is 10.6 Å². The Morgan fingerprint density at radius 3 is 2.62 bits per heavy atom. The maximum absolute atomic E-state index is 5.97. The van der Waals surface area contributed by atoms with Crippen LogP contribution in [0.15, 0.2) is 47.4 Å². The number of anilines is 1. The van der Waals surface area contributed by atoms with Gasteiger partial charge in [-0.25, -0.2) is 0 Å². The highest BCUT2D eigenvalue weighted by Gasteiger charge is 2.01. The molecule has 0 aliphatic heterocycles.